The third-order valence-electron chi connectivity index (χ3n) is 3.23. The van der Waals surface area contributed by atoms with Crippen LogP contribution in [0.2, 0.25) is 0 Å². The van der Waals surface area contributed by atoms with E-state index < -0.39 is 0 Å². The third kappa shape index (κ3) is 2.08. The lowest BCUT2D eigenvalue weighted by molar-refractivity contribution is -0.126. The maximum Gasteiger partial charge on any atom is 0.251 e. The van der Waals surface area contributed by atoms with Gasteiger partial charge in [-0.05, 0) is 36.8 Å². The predicted octanol–water partition coefficient (Wildman–Crippen LogP) is 1.48. The Bertz CT molecular complexity index is 652. The van der Waals surface area contributed by atoms with Gasteiger partial charge in [0.2, 0.25) is 5.71 Å². The van der Waals surface area contributed by atoms with Gasteiger partial charge in [-0.25, -0.2) is 4.98 Å². The molecule has 2 aromatic heterocycles. The number of fused-ring (bicyclic) bond motifs is 1. The monoisotopic (exact) mass is 275 g/mol. The van der Waals surface area contributed by atoms with E-state index in [-0.39, 0.29) is 11.9 Å². The van der Waals surface area contributed by atoms with E-state index in [1.807, 2.05) is 19.1 Å². The van der Waals surface area contributed by atoms with Gasteiger partial charge in [-0.1, -0.05) is 0 Å². The van der Waals surface area contributed by atoms with Gasteiger partial charge in [-0.2, -0.15) is 0 Å². The number of nitrogens with zero attached hydrogens (tertiary/aromatic N) is 2. The van der Waals surface area contributed by atoms with E-state index in [9.17, 15) is 4.79 Å². The zero-order valence-corrected chi connectivity index (χ0v) is 11.2. The van der Waals surface area contributed by atoms with Gasteiger partial charge in [0.05, 0.1) is 6.26 Å². The summed E-state index contributed by atoms with van der Waals surface area (Å²) in [6.07, 6.45) is 3.91. The fraction of sp³-hybridized carbons (Fsp3) is 0.308. The minimum atomic E-state index is -0.293. The second-order valence-corrected chi connectivity index (χ2v) is 4.83. The zero-order valence-electron chi connectivity index (χ0n) is 10.4. The zero-order chi connectivity index (χ0) is 13.4. The molecule has 98 valence electrons. The van der Waals surface area contributed by atoms with E-state index in [4.69, 9.17) is 16.6 Å². The molecule has 2 aromatic rings. The molecule has 0 saturated carbocycles. The minimum Gasteiger partial charge on any atom is -0.446 e. The standard InChI is InChI=1S/C13H13N3O2S/c1-2-16-12(17)10(15-13(16)19)6-8-5-9-3-4-18-11(9)14-7-8/h3-5,7,10H,2,6H2,1H3,(H,15,19). The van der Waals surface area contributed by atoms with Crippen molar-refractivity contribution in [1.29, 1.82) is 0 Å². The van der Waals surface area contributed by atoms with Crippen LogP contribution in [0.3, 0.4) is 0 Å². The Hall–Kier alpha value is -1.95. The van der Waals surface area contributed by atoms with Crippen molar-refractivity contribution in [3.63, 3.8) is 0 Å². The second kappa shape index (κ2) is 4.62. The van der Waals surface area contributed by atoms with Gasteiger partial charge in [-0.3, -0.25) is 9.69 Å². The summed E-state index contributed by atoms with van der Waals surface area (Å²) in [6.45, 7) is 2.51. The molecular weight excluding hydrogens is 262 g/mol. The largest absolute Gasteiger partial charge is 0.446 e. The molecule has 0 radical (unpaired) electrons. The number of hydrogen-bond acceptors (Lipinski definition) is 4. The Morgan fingerprint density at radius 3 is 3.16 bits per heavy atom. The van der Waals surface area contributed by atoms with Crippen LogP contribution in [-0.2, 0) is 11.2 Å². The summed E-state index contributed by atoms with van der Waals surface area (Å²) in [6, 6.07) is 3.55. The molecular formula is C13H13N3O2S. The SMILES string of the molecule is CCN1C(=O)C(Cc2cnc3occc3c2)NC1=S. The molecule has 3 rings (SSSR count). The topological polar surface area (TPSA) is 58.4 Å². The highest BCUT2D eigenvalue weighted by Gasteiger charge is 2.34. The Morgan fingerprint density at radius 2 is 2.42 bits per heavy atom. The van der Waals surface area contributed by atoms with Crippen LogP contribution >= 0.6 is 12.2 Å². The Labute approximate surface area is 115 Å². The maximum absolute atomic E-state index is 12.1. The number of likely N-dealkylation sites (N-methyl/N-ethyl adjacent to an activating group) is 1. The maximum atomic E-state index is 12.1. The average Bonchev–Trinajstić information content (AvgIpc) is 2.95. The summed E-state index contributed by atoms with van der Waals surface area (Å²) in [7, 11) is 0. The van der Waals surface area contributed by atoms with Crippen LogP contribution < -0.4 is 5.32 Å². The van der Waals surface area contributed by atoms with E-state index in [0.717, 1.165) is 10.9 Å². The molecule has 1 unspecified atom stereocenters. The van der Waals surface area contributed by atoms with Crippen molar-refractivity contribution in [2.24, 2.45) is 0 Å². The van der Waals surface area contributed by atoms with Crippen molar-refractivity contribution in [3.05, 3.63) is 30.2 Å². The number of hydrogen-bond donors (Lipinski definition) is 1. The first-order valence-electron chi connectivity index (χ1n) is 6.13. The number of amides is 1. The van der Waals surface area contributed by atoms with E-state index >= 15 is 0 Å². The lowest BCUT2D eigenvalue weighted by Crippen LogP contribution is -2.32. The molecule has 0 aliphatic carbocycles. The lowest BCUT2D eigenvalue weighted by atomic mass is 10.1. The fourth-order valence-electron chi connectivity index (χ4n) is 2.27. The summed E-state index contributed by atoms with van der Waals surface area (Å²) < 4.78 is 5.19. The fourth-order valence-corrected chi connectivity index (χ4v) is 2.63. The number of pyridine rings is 1. The molecule has 5 nitrogen and oxygen atoms in total. The molecule has 6 heteroatoms. The summed E-state index contributed by atoms with van der Waals surface area (Å²) in [5.41, 5.74) is 1.60. The molecule has 1 aliphatic heterocycles. The van der Waals surface area contributed by atoms with Crippen LogP contribution in [0.15, 0.2) is 29.0 Å². The lowest BCUT2D eigenvalue weighted by Gasteiger charge is -2.10. The summed E-state index contributed by atoms with van der Waals surface area (Å²) in [5, 5.41) is 4.50. The van der Waals surface area contributed by atoms with Crippen LogP contribution in [-0.4, -0.2) is 33.5 Å². The van der Waals surface area contributed by atoms with Crippen molar-refractivity contribution in [2.75, 3.05) is 6.54 Å². The highest BCUT2D eigenvalue weighted by Crippen LogP contribution is 2.17. The van der Waals surface area contributed by atoms with E-state index in [0.29, 0.717) is 23.8 Å². The van der Waals surface area contributed by atoms with Crippen molar-refractivity contribution in [2.45, 2.75) is 19.4 Å². The van der Waals surface area contributed by atoms with E-state index in [1.165, 1.54) is 0 Å². The van der Waals surface area contributed by atoms with Gasteiger partial charge in [-0.15, -0.1) is 0 Å². The Morgan fingerprint density at radius 1 is 1.58 bits per heavy atom. The molecule has 1 saturated heterocycles. The first kappa shape index (κ1) is 12.1. The van der Waals surface area contributed by atoms with Crippen molar-refractivity contribution in [1.82, 2.24) is 15.2 Å². The summed E-state index contributed by atoms with van der Waals surface area (Å²) in [4.78, 5) is 17.9. The Kier molecular flexibility index (Phi) is 2.94. The van der Waals surface area contributed by atoms with Crippen LogP contribution in [0, 0.1) is 0 Å². The smallest absolute Gasteiger partial charge is 0.251 e. The van der Waals surface area contributed by atoms with E-state index in [1.54, 1.807) is 17.4 Å². The molecule has 1 aliphatic rings. The normalized spacial score (nSPS) is 19.2. The molecule has 0 bridgehead atoms. The number of aromatic nitrogens is 1. The van der Waals surface area contributed by atoms with Gasteiger partial charge in [0.15, 0.2) is 5.11 Å². The first-order chi connectivity index (χ1) is 9.19. The van der Waals surface area contributed by atoms with Crippen molar-refractivity contribution >= 4 is 34.3 Å². The van der Waals surface area contributed by atoms with Crippen molar-refractivity contribution in [3.8, 4) is 0 Å². The van der Waals surface area contributed by atoms with Gasteiger partial charge < -0.3 is 9.73 Å². The Balaban J connectivity index is 1.81. The highest BCUT2D eigenvalue weighted by molar-refractivity contribution is 7.80. The van der Waals surface area contributed by atoms with Crippen LogP contribution in [0.5, 0.6) is 0 Å². The van der Waals surface area contributed by atoms with E-state index in [2.05, 4.69) is 10.3 Å². The van der Waals surface area contributed by atoms with Gasteiger partial charge in [0.25, 0.3) is 5.91 Å². The molecule has 1 N–H and O–H groups in total. The predicted molar refractivity (Wildman–Crippen MR) is 74.6 cm³/mol. The van der Waals surface area contributed by atoms with Crippen molar-refractivity contribution < 1.29 is 9.21 Å². The first-order valence-corrected chi connectivity index (χ1v) is 6.54. The van der Waals surface area contributed by atoms with Gasteiger partial charge >= 0.3 is 0 Å². The number of thiocarbonyl (C=S) groups is 1. The summed E-state index contributed by atoms with van der Waals surface area (Å²) in [5.74, 6) is 0.0276. The van der Waals surface area contributed by atoms with Crippen LogP contribution in [0.1, 0.15) is 12.5 Å². The van der Waals surface area contributed by atoms with Crippen LogP contribution in [0.4, 0.5) is 0 Å². The van der Waals surface area contributed by atoms with Crippen LogP contribution in [0.25, 0.3) is 11.1 Å². The summed E-state index contributed by atoms with van der Waals surface area (Å²) >= 11 is 5.14. The molecule has 0 aromatic carbocycles. The minimum absolute atomic E-state index is 0.0276. The highest BCUT2D eigenvalue weighted by atomic mass is 32.1. The van der Waals surface area contributed by atoms with Gasteiger partial charge in [0, 0.05) is 24.5 Å². The number of furan rings is 1. The molecule has 1 atom stereocenters. The number of nitrogens with one attached hydrogen (secondary N) is 1. The second-order valence-electron chi connectivity index (χ2n) is 4.45. The third-order valence-corrected chi connectivity index (χ3v) is 3.56. The molecule has 19 heavy (non-hydrogen) atoms. The number of carbonyl (C=O) groups is 1. The molecule has 1 fully saturated rings. The quantitative estimate of drug-likeness (QED) is 0.860. The average molecular weight is 275 g/mol. The molecule has 3 heterocycles. The number of rotatable bonds is 3. The number of carbonyl (C=O) groups excluding carboxylic acids is 1. The molecule has 0 spiro atoms. The molecule has 1 amide bonds. The van der Waals surface area contributed by atoms with Gasteiger partial charge in [0.1, 0.15) is 6.04 Å².